The van der Waals surface area contributed by atoms with Gasteiger partial charge < -0.3 is 10.6 Å². The Kier molecular flexibility index (Phi) is 6.02. The van der Waals surface area contributed by atoms with Crippen LogP contribution in [0.5, 0.6) is 0 Å². The molecule has 1 aliphatic rings. The van der Waals surface area contributed by atoms with Crippen LogP contribution < -0.4 is 10.6 Å². The second-order valence-corrected chi connectivity index (χ2v) is 6.53. The summed E-state index contributed by atoms with van der Waals surface area (Å²) in [6, 6.07) is 18.6. The molecular formula is C21H26N2O. The molecule has 1 saturated carbocycles. The summed E-state index contributed by atoms with van der Waals surface area (Å²) in [5, 5.41) is 6.49. The number of amides is 1. The van der Waals surface area contributed by atoms with E-state index in [2.05, 4.69) is 22.8 Å². The molecule has 3 heteroatoms. The Bertz CT molecular complexity index is 646. The van der Waals surface area contributed by atoms with Gasteiger partial charge in [0.2, 0.25) is 5.91 Å². The third-order valence-corrected chi connectivity index (χ3v) is 4.69. The Labute approximate surface area is 144 Å². The molecule has 0 unspecified atom stereocenters. The summed E-state index contributed by atoms with van der Waals surface area (Å²) < 4.78 is 0. The van der Waals surface area contributed by atoms with Crippen LogP contribution in [-0.2, 0) is 4.79 Å². The Hall–Kier alpha value is -2.13. The van der Waals surface area contributed by atoms with Crippen molar-refractivity contribution in [2.75, 3.05) is 11.9 Å². The fourth-order valence-electron chi connectivity index (χ4n) is 3.38. The van der Waals surface area contributed by atoms with Crippen molar-refractivity contribution >= 4 is 11.6 Å². The van der Waals surface area contributed by atoms with E-state index in [0.29, 0.717) is 12.6 Å². The van der Waals surface area contributed by atoms with Gasteiger partial charge in [-0.25, -0.2) is 0 Å². The first kappa shape index (κ1) is 16.7. The van der Waals surface area contributed by atoms with Crippen molar-refractivity contribution in [1.82, 2.24) is 5.32 Å². The molecule has 2 aromatic rings. The average Bonchev–Trinajstić information content (AvgIpc) is 2.90. The zero-order valence-electron chi connectivity index (χ0n) is 14.1. The van der Waals surface area contributed by atoms with Gasteiger partial charge in [0.1, 0.15) is 0 Å². The minimum absolute atomic E-state index is 0.0302. The Morgan fingerprint density at radius 1 is 0.875 bits per heavy atom. The summed E-state index contributed by atoms with van der Waals surface area (Å²) in [4.78, 5) is 12.4. The minimum Gasteiger partial charge on any atom is -0.324 e. The number of hydrogen-bond donors (Lipinski definition) is 2. The van der Waals surface area contributed by atoms with Crippen molar-refractivity contribution in [1.29, 1.82) is 0 Å². The maximum Gasteiger partial charge on any atom is 0.238 e. The minimum atomic E-state index is 0.0302. The van der Waals surface area contributed by atoms with Gasteiger partial charge in [-0.1, -0.05) is 74.2 Å². The molecule has 2 N–H and O–H groups in total. The SMILES string of the molecule is O=C(CNC1CCCCCC1)Nc1ccccc1-c1ccccc1. The molecule has 126 valence electrons. The number of benzene rings is 2. The number of rotatable bonds is 5. The number of nitrogens with one attached hydrogen (secondary N) is 2. The van der Waals surface area contributed by atoms with Gasteiger partial charge in [0, 0.05) is 17.3 Å². The second kappa shape index (κ2) is 8.65. The summed E-state index contributed by atoms with van der Waals surface area (Å²) in [6.45, 7) is 0.383. The maximum atomic E-state index is 12.4. The first-order chi connectivity index (χ1) is 11.8. The summed E-state index contributed by atoms with van der Waals surface area (Å²) in [6.07, 6.45) is 7.58. The van der Waals surface area contributed by atoms with Crippen molar-refractivity contribution in [3.8, 4) is 11.1 Å². The smallest absolute Gasteiger partial charge is 0.238 e. The molecule has 2 aromatic carbocycles. The van der Waals surface area contributed by atoms with Crippen LogP contribution in [-0.4, -0.2) is 18.5 Å². The summed E-state index contributed by atoms with van der Waals surface area (Å²) in [5.74, 6) is 0.0302. The van der Waals surface area contributed by atoms with Gasteiger partial charge in [-0.05, 0) is 24.5 Å². The van der Waals surface area contributed by atoms with E-state index in [1.54, 1.807) is 0 Å². The van der Waals surface area contributed by atoms with E-state index in [9.17, 15) is 4.79 Å². The van der Waals surface area contributed by atoms with Gasteiger partial charge in [0.25, 0.3) is 0 Å². The fourth-order valence-corrected chi connectivity index (χ4v) is 3.38. The lowest BCUT2D eigenvalue weighted by atomic mass is 10.0. The summed E-state index contributed by atoms with van der Waals surface area (Å²) >= 11 is 0. The van der Waals surface area contributed by atoms with Crippen molar-refractivity contribution < 1.29 is 4.79 Å². The molecule has 0 saturated heterocycles. The largest absolute Gasteiger partial charge is 0.324 e. The number of para-hydroxylation sites is 1. The Balaban J connectivity index is 1.60. The first-order valence-corrected chi connectivity index (χ1v) is 9.00. The molecule has 0 atom stereocenters. The highest BCUT2D eigenvalue weighted by Gasteiger charge is 2.14. The second-order valence-electron chi connectivity index (χ2n) is 6.53. The maximum absolute atomic E-state index is 12.4. The van der Waals surface area contributed by atoms with Gasteiger partial charge in [-0.15, -0.1) is 0 Å². The monoisotopic (exact) mass is 322 g/mol. The van der Waals surface area contributed by atoms with Crippen molar-refractivity contribution in [3.63, 3.8) is 0 Å². The normalized spacial score (nSPS) is 15.7. The van der Waals surface area contributed by atoms with E-state index in [-0.39, 0.29) is 5.91 Å². The Morgan fingerprint density at radius 3 is 2.29 bits per heavy atom. The lowest BCUT2D eigenvalue weighted by molar-refractivity contribution is -0.115. The molecule has 3 rings (SSSR count). The molecule has 0 spiro atoms. The number of carbonyl (C=O) groups excluding carboxylic acids is 1. The molecule has 0 heterocycles. The molecule has 0 aromatic heterocycles. The van der Waals surface area contributed by atoms with Crippen LogP contribution in [0.1, 0.15) is 38.5 Å². The number of carbonyl (C=O) groups is 1. The molecule has 3 nitrogen and oxygen atoms in total. The molecular weight excluding hydrogens is 296 g/mol. The molecule has 24 heavy (non-hydrogen) atoms. The van der Waals surface area contributed by atoms with E-state index in [0.717, 1.165) is 16.8 Å². The lowest BCUT2D eigenvalue weighted by Gasteiger charge is -2.16. The van der Waals surface area contributed by atoms with Gasteiger partial charge in [0.15, 0.2) is 0 Å². The van der Waals surface area contributed by atoms with E-state index >= 15 is 0 Å². The van der Waals surface area contributed by atoms with Gasteiger partial charge in [-0.3, -0.25) is 4.79 Å². The molecule has 0 radical (unpaired) electrons. The summed E-state index contributed by atoms with van der Waals surface area (Å²) in [7, 11) is 0. The van der Waals surface area contributed by atoms with Crippen LogP contribution >= 0.6 is 0 Å². The molecule has 1 aliphatic carbocycles. The average molecular weight is 322 g/mol. The van der Waals surface area contributed by atoms with Crippen molar-refractivity contribution in [2.45, 2.75) is 44.6 Å². The number of hydrogen-bond acceptors (Lipinski definition) is 2. The highest BCUT2D eigenvalue weighted by molar-refractivity contribution is 5.96. The zero-order valence-corrected chi connectivity index (χ0v) is 14.1. The van der Waals surface area contributed by atoms with Gasteiger partial charge in [0.05, 0.1) is 6.54 Å². The predicted octanol–water partition coefficient (Wildman–Crippen LogP) is 4.60. The highest BCUT2D eigenvalue weighted by Crippen LogP contribution is 2.27. The van der Waals surface area contributed by atoms with Crippen molar-refractivity contribution in [2.24, 2.45) is 0 Å². The van der Waals surface area contributed by atoms with Crippen LogP contribution in [0.4, 0.5) is 5.69 Å². The van der Waals surface area contributed by atoms with Crippen LogP contribution in [0.15, 0.2) is 54.6 Å². The third-order valence-electron chi connectivity index (χ3n) is 4.69. The number of anilines is 1. The van der Waals surface area contributed by atoms with Gasteiger partial charge in [-0.2, -0.15) is 0 Å². The summed E-state index contributed by atoms with van der Waals surface area (Å²) in [5.41, 5.74) is 3.04. The highest BCUT2D eigenvalue weighted by atomic mass is 16.1. The molecule has 0 aliphatic heterocycles. The van der Waals surface area contributed by atoms with E-state index in [4.69, 9.17) is 0 Å². The van der Waals surface area contributed by atoms with Crippen LogP contribution in [0, 0.1) is 0 Å². The Morgan fingerprint density at radius 2 is 1.54 bits per heavy atom. The molecule has 1 amide bonds. The van der Waals surface area contributed by atoms with Crippen LogP contribution in [0.3, 0.4) is 0 Å². The van der Waals surface area contributed by atoms with E-state index in [1.807, 2.05) is 42.5 Å². The van der Waals surface area contributed by atoms with Crippen molar-refractivity contribution in [3.05, 3.63) is 54.6 Å². The van der Waals surface area contributed by atoms with Crippen LogP contribution in [0.25, 0.3) is 11.1 Å². The predicted molar refractivity (Wildman–Crippen MR) is 100 cm³/mol. The van der Waals surface area contributed by atoms with E-state index < -0.39 is 0 Å². The third kappa shape index (κ3) is 4.68. The quantitative estimate of drug-likeness (QED) is 0.790. The zero-order chi connectivity index (χ0) is 16.6. The van der Waals surface area contributed by atoms with Gasteiger partial charge >= 0.3 is 0 Å². The molecule has 1 fully saturated rings. The molecule has 0 bridgehead atoms. The van der Waals surface area contributed by atoms with Crippen LogP contribution in [0.2, 0.25) is 0 Å². The standard InChI is InChI=1S/C21H26N2O/c24-21(16-22-18-12-6-1-2-7-13-18)23-20-15-9-8-14-19(20)17-10-4-3-5-11-17/h3-5,8-11,14-15,18,22H,1-2,6-7,12-13,16H2,(H,23,24). The topological polar surface area (TPSA) is 41.1 Å². The fraction of sp³-hybridized carbons (Fsp3) is 0.381. The lowest BCUT2D eigenvalue weighted by Crippen LogP contribution is -2.35. The first-order valence-electron chi connectivity index (χ1n) is 9.00. The van der Waals surface area contributed by atoms with E-state index in [1.165, 1.54) is 38.5 Å².